The van der Waals surface area contributed by atoms with Gasteiger partial charge in [-0.3, -0.25) is 4.79 Å². The molecule has 0 unspecified atom stereocenters. The highest BCUT2D eigenvalue weighted by molar-refractivity contribution is 5.94. The van der Waals surface area contributed by atoms with E-state index >= 15 is 0 Å². The second-order valence-electron chi connectivity index (χ2n) is 5.25. The SMILES string of the molecule is CCCO[C@@H]1CCCN(C(=O)c2ccc(C)cc2)C1. The van der Waals surface area contributed by atoms with Gasteiger partial charge in [0.2, 0.25) is 0 Å². The summed E-state index contributed by atoms with van der Waals surface area (Å²) in [5.74, 6) is 0.129. The third-order valence-corrected chi connectivity index (χ3v) is 3.52. The highest BCUT2D eigenvalue weighted by atomic mass is 16.5. The Balaban J connectivity index is 1.96. The zero-order valence-corrected chi connectivity index (χ0v) is 11.9. The third kappa shape index (κ3) is 3.80. The van der Waals surface area contributed by atoms with E-state index in [1.807, 2.05) is 36.1 Å². The highest BCUT2D eigenvalue weighted by Gasteiger charge is 2.24. The van der Waals surface area contributed by atoms with Gasteiger partial charge in [0.25, 0.3) is 5.91 Å². The van der Waals surface area contributed by atoms with Crippen LogP contribution in [0.2, 0.25) is 0 Å². The number of rotatable bonds is 4. The van der Waals surface area contributed by atoms with Crippen LogP contribution in [-0.4, -0.2) is 36.6 Å². The Morgan fingerprint density at radius 3 is 2.79 bits per heavy atom. The quantitative estimate of drug-likeness (QED) is 0.833. The van der Waals surface area contributed by atoms with Crippen LogP contribution in [-0.2, 0) is 4.74 Å². The molecule has 3 heteroatoms. The Morgan fingerprint density at radius 1 is 1.37 bits per heavy atom. The number of ether oxygens (including phenoxy) is 1. The Labute approximate surface area is 115 Å². The van der Waals surface area contributed by atoms with Crippen LogP contribution in [0.25, 0.3) is 0 Å². The first-order valence-corrected chi connectivity index (χ1v) is 7.18. The summed E-state index contributed by atoms with van der Waals surface area (Å²) in [6.07, 6.45) is 3.34. The van der Waals surface area contributed by atoms with E-state index in [1.54, 1.807) is 0 Å². The van der Waals surface area contributed by atoms with Crippen LogP contribution in [0.1, 0.15) is 42.1 Å². The fourth-order valence-electron chi connectivity index (χ4n) is 2.42. The van der Waals surface area contributed by atoms with Gasteiger partial charge in [-0.2, -0.15) is 0 Å². The Morgan fingerprint density at radius 2 is 2.11 bits per heavy atom. The van der Waals surface area contributed by atoms with E-state index in [4.69, 9.17) is 4.74 Å². The molecule has 0 N–H and O–H groups in total. The van der Waals surface area contributed by atoms with Crippen molar-refractivity contribution in [2.75, 3.05) is 19.7 Å². The van der Waals surface area contributed by atoms with Crippen molar-refractivity contribution in [1.29, 1.82) is 0 Å². The largest absolute Gasteiger partial charge is 0.376 e. The van der Waals surface area contributed by atoms with Crippen LogP contribution < -0.4 is 0 Å². The third-order valence-electron chi connectivity index (χ3n) is 3.52. The molecule has 1 heterocycles. The highest BCUT2D eigenvalue weighted by Crippen LogP contribution is 2.16. The average molecular weight is 261 g/mol. The maximum absolute atomic E-state index is 12.4. The summed E-state index contributed by atoms with van der Waals surface area (Å²) in [5, 5.41) is 0. The van der Waals surface area contributed by atoms with Gasteiger partial charge in [-0.05, 0) is 38.3 Å². The minimum absolute atomic E-state index is 0.129. The number of hydrogen-bond acceptors (Lipinski definition) is 2. The molecule has 0 saturated carbocycles. The van der Waals surface area contributed by atoms with Crippen molar-refractivity contribution in [3.63, 3.8) is 0 Å². The number of benzene rings is 1. The predicted octanol–water partition coefficient (Wildman–Crippen LogP) is 3.03. The molecule has 104 valence electrons. The lowest BCUT2D eigenvalue weighted by molar-refractivity contribution is 0.00211. The summed E-state index contributed by atoms with van der Waals surface area (Å²) in [6, 6.07) is 7.80. The first-order valence-electron chi connectivity index (χ1n) is 7.18. The van der Waals surface area contributed by atoms with Gasteiger partial charge in [0, 0.05) is 25.3 Å². The van der Waals surface area contributed by atoms with E-state index in [2.05, 4.69) is 6.92 Å². The number of piperidine rings is 1. The lowest BCUT2D eigenvalue weighted by Gasteiger charge is -2.32. The fourth-order valence-corrected chi connectivity index (χ4v) is 2.42. The van der Waals surface area contributed by atoms with E-state index in [9.17, 15) is 4.79 Å². The number of aryl methyl sites for hydroxylation is 1. The van der Waals surface area contributed by atoms with Gasteiger partial charge in [0.05, 0.1) is 6.10 Å². The molecule has 0 aliphatic carbocycles. The topological polar surface area (TPSA) is 29.5 Å². The summed E-state index contributed by atoms with van der Waals surface area (Å²) >= 11 is 0. The molecule has 1 aliphatic rings. The van der Waals surface area contributed by atoms with Gasteiger partial charge in [-0.25, -0.2) is 0 Å². The molecule has 1 aliphatic heterocycles. The van der Waals surface area contributed by atoms with Crippen molar-refractivity contribution in [2.24, 2.45) is 0 Å². The monoisotopic (exact) mass is 261 g/mol. The molecule has 3 nitrogen and oxygen atoms in total. The molecule has 1 atom stereocenters. The van der Waals surface area contributed by atoms with Crippen molar-refractivity contribution in [1.82, 2.24) is 4.90 Å². The average Bonchev–Trinajstić information content (AvgIpc) is 2.45. The van der Waals surface area contributed by atoms with E-state index in [1.165, 1.54) is 5.56 Å². The van der Waals surface area contributed by atoms with Gasteiger partial charge >= 0.3 is 0 Å². The standard InChI is InChI=1S/C16H23NO2/c1-3-11-19-15-5-4-10-17(12-15)16(18)14-8-6-13(2)7-9-14/h6-9,15H,3-5,10-12H2,1-2H3/t15-/m1/s1. The summed E-state index contributed by atoms with van der Waals surface area (Å²) < 4.78 is 5.77. The zero-order chi connectivity index (χ0) is 13.7. The van der Waals surface area contributed by atoms with E-state index in [0.717, 1.165) is 44.5 Å². The molecule has 1 aromatic carbocycles. The van der Waals surface area contributed by atoms with E-state index in [0.29, 0.717) is 0 Å². The number of carbonyl (C=O) groups is 1. The number of amides is 1. The zero-order valence-electron chi connectivity index (χ0n) is 11.9. The smallest absolute Gasteiger partial charge is 0.253 e. The van der Waals surface area contributed by atoms with Crippen molar-refractivity contribution in [2.45, 2.75) is 39.2 Å². The molecule has 0 spiro atoms. The van der Waals surface area contributed by atoms with Crippen molar-refractivity contribution in [3.8, 4) is 0 Å². The minimum atomic E-state index is 0.129. The van der Waals surface area contributed by atoms with Crippen LogP contribution in [0, 0.1) is 6.92 Å². The number of likely N-dealkylation sites (tertiary alicyclic amines) is 1. The normalized spacial score (nSPS) is 19.5. The lowest BCUT2D eigenvalue weighted by Crippen LogP contribution is -2.43. The summed E-state index contributed by atoms with van der Waals surface area (Å²) in [5.41, 5.74) is 1.96. The first-order chi connectivity index (χ1) is 9.20. The molecular weight excluding hydrogens is 238 g/mol. The first kappa shape index (κ1) is 14.1. The molecule has 0 radical (unpaired) electrons. The number of hydrogen-bond donors (Lipinski definition) is 0. The number of nitrogens with zero attached hydrogens (tertiary/aromatic N) is 1. The van der Waals surface area contributed by atoms with Crippen LogP contribution in [0.15, 0.2) is 24.3 Å². The van der Waals surface area contributed by atoms with Crippen LogP contribution in [0.4, 0.5) is 0 Å². The van der Waals surface area contributed by atoms with E-state index < -0.39 is 0 Å². The minimum Gasteiger partial charge on any atom is -0.376 e. The molecular formula is C16H23NO2. The van der Waals surface area contributed by atoms with Gasteiger partial charge in [-0.1, -0.05) is 24.6 Å². The van der Waals surface area contributed by atoms with Crippen LogP contribution in [0.3, 0.4) is 0 Å². The molecule has 1 aromatic rings. The second-order valence-corrected chi connectivity index (χ2v) is 5.25. The van der Waals surface area contributed by atoms with Crippen molar-refractivity contribution >= 4 is 5.91 Å². The molecule has 0 aromatic heterocycles. The second kappa shape index (κ2) is 6.71. The fraction of sp³-hybridized carbons (Fsp3) is 0.562. The molecule has 1 fully saturated rings. The molecule has 1 saturated heterocycles. The van der Waals surface area contributed by atoms with Gasteiger partial charge < -0.3 is 9.64 Å². The van der Waals surface area contributed by atoms with Crippen molar-refractivity contribution < 1.29 is 9.53 Å². The Bertz CT molecular complexity index is 413. The Kier molecular flexibility index (Phi) is 4.97. The maximum atomic E-state index is 12.4. The van der Waals surface area contributed by atoms with Gasteiger partial charge in [-0.15, -0.1) is 0 Å². The predicted molar refractivity (Wildman–Crippen MR) is 76.3 cm³/mol. The van der Waals surface area contributed by atoms with Crippen LogP contribution in [0.5, 0.6) is 0 Å². The molecule has 19 heavy (non-hydrogen) atoms. The summed E-state index contributed by atoms with van der Waals surface area (Å²) in [7, 11) is 0. The van der Waals surface area contributed by atoms with Crippen molar-refractivity contribution in [3.05, 3.63) is 35.4 Å². The summed E-state index contributed by atoms with van der Waals surface area (Å²) in [4.78, 5) is 14.3. The molecule has 0 bridgehead atoms. The maximum Gasteiger partial charge on any atom is 0.253 e. The van der Waals surface area contributed by atoms with Crippen LogP contribution >= 0.6 is 0 Å². The van der Waals surface area contributed by atoms with Gasteiger partial charge in [0.15, 0.2) is 0 Å². The Hall–Kier alpha value is -1.35. The lowest BCUT2D eigenvalue weighted by atomic mass is 10.1. The number of carbonyl (C=O) groups excluding carboxylic acids is 1. The van der Waals surface area contributed by atoms with E-state index in [-0.39, 0.29) is 12.0 Å². The summed E-state index contributed by atoms with van der Waals surface area (Å²) in [6.45, 7) is 6.50. The molecule has 2 rings (SSSR count). The molecule has 1 amide bonds. The van der Waals surface area contributed by atoms with Gasteiger partial charge in [0.1, 0.15) is 0 Å².